The first kappa shape index (κ1) is 14.7. The van der Waals surface area contributed by atoms with E-state index in [4.69, 9.17) is 9.47 Å². The van der Waals surface area contributed by atoms with Gasteiger partial charge in [-0.15, -0.1) is 0 Å². The topological polar surface area (TPSA) is 65.5 Å². The number of rotatable bonds is 3. The molecule has 108 valence electrons. The number of hydrogen-bond donors (Lipinski definition) is 0. The minimum absolute atomic E-state index is 0.317. The van der Waals surface area contributed by atoms with E-state index in [-0.39, 0.29) is 0 Å². The lowest BCUT2D eigenvalue weighted by atomic mass is 10.1. The molecule has 2 rings (SSSR count). The van der Waals surface area contributed by atoms with Crippen molar-refractivity contribution in [2.75, 3.05) is 0 Å². The number of carbonyl (C=O) groups is 2. The summed E-state index contributed by atoms with van der Waals surface area (Å²) in [5.74, 6) is -0.270. The first-order chi connectivity index (χ1) is 9.97. The molecule has 0 spiro atoms. The molecule has 0 saturated heterocycles. The van der Waals surface area contributed by atoms with Gasteiger partial charge in [0, 0.05) is 20.0 Å². The minimum Gasteiger partial charge on any atom is -0.426 e. The zero-order valence-electron chi connectivity index (χ0n) is 12.0. The number of nitrogens with zero attached hydrogens (tertiary/aromatic N) is 1. The van der Waals surface area contributed by atoms with Gasteiger partial charge in [-0.2, -0.15) is 0 Å². The maximum absolute atomic E-state index is 11.3. The normalized spacial score (nSPS) is 10.0. The molecule has 0 radical (unpaired) electrons. The SMILES string of the molecule is CC(=O)Oc1cc(C)cc(OC(C)=O)c1-c1ccccn1. The van der Waals surface area contributed by atoms with E-state index in [1.807, 2.05) is 6.92 Å². The van der Waals surface area contributed by atoms with E-state index in [1.165, 1.54) is 13.8 Å². The van der Waals surface area contributed by atoms with E-state index < -0.39 is 11.9 Å². The Morgan fingerprint density at radius 3 is 2.00 bits per heavy atom. The predicted molar refractivity (Wildman–Crippen MR) is 77.0 cm³/mol. The van der Waals surface area contributed by atoms with Crippen molar-refractivity contribution in [3.05, 3.63) is 42.1 Å². The largest absolute Gasteiger partial charge is 0.426 e. The molecule has 5 heteroatoms. The van der Waals surface area contributed by atoms with Gasteiger partial charge in [0.2, 0.25) is 0 Å². The van der Waals surface area contributed by atoms with Gasteiger partial charge in [0.15, 0.2) is 0 Å². The number of benzene rings is 1. The van der Waals surface area contributed by atoms with Crippen LogP contribution in [-0.2, 0) is 9.59 Å². The Morgan fingerprint density at radius 2 is 1.57 bits per heavy atom. The molecule has 0 N–H and O–H groups in total. The summed E-state index contributed by atoms with van der Waals surface area (Å²) in [6.07, 6.45) is 1.62. The van der Waals surface area contributed by atoms with Crippen LogP contribution in [0.15, 0.2) is 36.5 Å². The second kappa shape index (κ2) is 6.17. The monoisotopic (exact) mass is 285 g/mol. The fourth-order valence-corrected chi connectivity index (χ4v) is 1.95. The van der Waals surface area contributed by atoms with E-state index in [1.54, 1.807) is 36.5 Å². The van der Waals surface area contributed by atoms with Crippen LogP contribution < -0.4 is 9.47 Å². The molecule has 0 unspecified atom stereocenters. The molecule has 0 saturated carbocycles. The number of aryl methyl sites for hydroxylation is 1. The third kappa shape index (κ3) is 3.66. The lowest BCUT2D eigenvalue weighted by molar-refractivity contribution is -0.132. The van der Waals surface area contributed by atoms with Gasteiger partial charge in [-0.25, -0.2) is 0 Å². The third-order valence-electron chi connectivity index (χ3n) is 2.64. The molecule has 2 aromatic rings. The molecule has 0 aliphatic carbocycles. The van der Waals surface area contributed by atoms with Crippen molar-refractivity contribution in [3.8, 4) is 22.8 Å². The van der Waals surface area contributed by atoms with Gasteiger partial charge in [0.25, 0.3) is 0 Å². The summed E-state index contributed by atoms with van der Waals surface area (Å²) in [6.45, 7) is 4.45. The predicted octanol–water partition coefficient (Wildman–Crippen LogP) is 2.91. The summed E-state index contributed by atoms with van der Waals surface area (Å²) in [5, 5.41) is 0. The van der Waals surface area contributed by atoms with Gasteiger partial charge in [-0.05, 0) is 36.8 Å². The fourth-order valence-electron chi connectivity index (χ4n) is 1.95. The van der Waals surface area contributed by atoms with Crippen molar-refractivity contribution in [3.63, 3.8) is 0 Å². The Kier molecular flexibility index (Phi) is 4.33. The zero-order chi connectivity index (χ0) is 15.4. The van der Waals surface area contributed by atoms with Crippen molar-refractivity contribution >= 4 is 11.9 Å². The molecular formula is C16H15NO4. The average molecular weight is 285 g/mol. The van der Waals surface area contributed by atoms with Crippen molar-refractivity contribution < 1.29 is 19.1 Å². The highest BCUT2D eigenvalue weighted by Gasteiger charge is 2.18. The number of ether oxygens (including phenoxy) is 2. The van der Waals surface area contributed by atoms with Gasteiger partial charge >= 0.3 is 11.9 Å². The minimum atomic E-state index is -0.452. The van der Waals surface area contributed by atoms with Crippen LogP contribution in [0, 0.1) is 6.92 Å². The second-order valence-electron chi connectivity index (χ2n) is 4.54. The molecule has 1 aromatic heterocycles. The zero-order valence-corrected chi connectivity index (χ0v) is 12.0. The van der Waals surface area contributed by atoms with Gasteiger partial charge in [0.1, 0.15) is 11.5 Å². The summed E-state index contributed by atoms with van der Waals surface area (Å²) in [7, 11) is 0. The average Bonchev–Trinajstić information content (AvgIpc) is 2.37. The Morgan fingerprint density at radius 1 is 1.00 bits per heavy atom. The molecule has 21 heavy (non-hydrogen) atoms. The molecule has 0 amide bonds. The molecule has 0 fully saturated rings. The van der Waals surface area contributed by atoms with Crippen molar-refractivity contribution in [2.45, 2.75) is 20.8 Å². The summed E-state index contributed by atoms with van der Waals surface area (Å²) in [4.78, 5) is 26.8. The first-order valence-electron chi connectivity index (χ1n) is 6.40. The smallest absolute Gasteiger partial charge is 0.308 e. The Balaban J connectivity index is 2.66. The highest BCUT2D eigenvalue weighted by molar-refractivity contribution is 5.82. The molecule has 1 heterocycles. The van der Waals surface area contributed by atoms with Gasteiger partial charge in [-0.3, -0.25) is 14.6 Å². The van der Waals surface area contributed by atoms with E-state index in [9.17, 15) is 9.59 Å². The van der Waals surface area contributed by atoms with E-state index in [0.29, 0.717) is 22.8 Å². The van der Waals surface area contributed by atoms with Crippen LogP contribution in [0.2, 0.25) is 0 Å². The molecule has 0 bridgehead atoms. The van der Waals surface area contributed by atoms with Crippen LogP contribution in [-0.4, -0.2) is 16.9 Å². The van der Waals surface area contributed by atoms with Crippen LogP contribution in [0.5, 0.6) is 11.5 Å². The fraction of sp³-hybridized carbons (Fsp3) is 0.188. The van der Waals surface area contributed by atoms with E-state index in [2.05, 4.69) is 4.98 Å². The highest BCUT2D eigenvalue weighted by atomic mass is 16.5. The maximum Gasteiger partial charge on any atom is 0.308 e. The standard InChI is InChI=1S/C16H15NO4/c1-10-8-14(20-11(2)18)16(13-6-4-5-7-17-13)15(9-10)21-12(3)19/h4-9H,1-3H3. The summed E-state index contributed by atoms with van der Waals surface area (Å²) < 4.78 is 10.5. The van der Waals surface area contributed by atoms with Gasteiger partial charge < -0.3 is 9.47 Å². The Hall–Kier alpha value is -2.69. The van der Waals surface area contributed by atoms with Crippen molar-refractivity contribution in [1.29, 1.82) is 0 Å². The molecule has 1 aromatic carbocycles. The van der Waals surface area contributed by atoms with Crippen molar-refractivity contribution in [1.82, 2.24) is 4.98 Å². The lowest BCUT2D eigenvalue weighted by Gasteiger charge is -2.14. The maximum atomic E-state index is 11.3. The number of hydrogen-bond acceptors (Lipinski definition) is 5. The number of esters is 2. The van der Waals surface area contributed by atoms with E-state index in [0.717, 1.165) is 5.56 Å². The van der Waals surface area contributed by atoms with Gasteiger partial charge in [0.05, 0.1) is 11.3 Å². The van der Waals surface area contributed by atoms with E-state index >= 15 is 0 Å². The van der Waals surface area contributed by atoms with Crippen LogP contribution in [0.4, 0.5) is 0 Å². The third-order valence-corrected chi connectivity index (χ3v) is 2.64. The number of pyridine rings is 1. The van der Waals surface area contributed by atoms with Crippen LogP contribution in [0.25, 0.3) is 11.3 Å². The molecular weight excluding hydrogens is 270 g/mol. The lowest BCUT2D eigenvalue weighted by Crippen LogP contribution is -2.07. The first-order valence-corrected chi connectivity index (χ1v) is 6.40. The van der Waals surface area contributed by atoms with Crippen LogP contribution in [0.3, 0.4) is 0 Å². The number of aromatic nitrogens is 1. The molecule has 0 atom stereocenters. The van der Waals surface area contributed by atoms with Crippen LogP contribution in [0.1, 0.15) is 19.4 Å². The summed E-state index contributed by atoms with van der Waals surface area (Å²) in [6, 6.07) is 8.74. The van der Waals surface area contributed by atoms with Gasteiger partial charge in [-0.1, -0.05) is 6.07 Å². The summed E-state index contributed by atoms with van der Waals surface area (Å²) in [5.41, 5.74) is 1.85. The molecule has 0 aliphatic heterocycles. The Bertz CT molecular complexity index is 643. The molecule has 0 aliphatic rings. The Labute approximate surface area is 122 Å². The second-order valence-corrected chi connectivity index (χ2v) is 4.54. The number of carbonyl (C=O) groups excluding carboxylic acids is 2. The quantitative estimate of drug-likeness (QED) is 0.641. The highest BCUT2D eigenvalue weighted by Crippen LogP contribution is 2.38. The summed E-state index contributed by atoms with van der Waals surface area (Å²) >= 11 is 0. The van der Waals surface area contributed by atoms with Crippen LogP contribution >= 0.6 is 0 Å². The van der Waals surface area contributed by atoms with Crippen molar-refractivity contribution in [2.24, 2.45) is 0 Å². The molecule has 5 nitrogen and oxygen atoms in total.